The van der Waals surface area contributed by atoms with E-state index in [1.54, 1.807) is 12.1 Å². The Kier molecular flexibility index (Phi) is 7.14. The number of amides is 3. The minimum atomic E-state index is -1.17. The van der Waals surface area contributed by atoms with E-state index in [4.69, 9.17) is 4.74 Å². The van der Waals surface area contributed by atoms with E-state index in [1.807, 2.05) is 18.2 Å². The fourth-order valence-electron chi connectivity index (χ4n) is 3.04. The van der Waals surface area contributed by atoms with Gasteiger partial charge in [0.25, 0.3) is 5.91 Å². The largest absolute Gasteiger partial charge is 0.445 e. The molecule has 2 unspecified atom stereocenters. The van der Waals surface area contributed by atoms with Crippen molar-refractivity contribution < 1.29 is 23.9 Å². The van der Waals surface area contributed by atoms with E-state index in [0.717, 1.165) is 5.56 Å². The average Bonchev–Trinajstić information content (AvgIpc) is 3.28. The molecule has 0 bridgehead atoms. The van der Waals surface area contributed by atoms with Crippen LogP contribution >= 0.6 is 0 Å². The maximum atomic E-state index is 12.9. The van der Waals surface area contributed by atoms with Crippen molar-refractivity contribution >= 4 is 23.7 Å². The Hall–Kier alpha value is -3.69. The van der Waals surface area contributed by atoms with Gasteiger partial charge in [-0.05, 0) is 30.9 Å². The highest BCUT2D eigenvalue weighted by Crippen LogP contribution is 2.13. The first kappa shape index (κ1) is 21.0. The standard InChI is InChI=1S/C20H23N5O5/c26-17-15(8-4-5-10-21-19(17)28)23-18(27)16(14-9-11-22-25-14)24-20(29)30-12-13-6-2-1-3-7-13/h1-3,6-7,9,11,15-16H,4-5,8,10,12H2,(H,21,28)(H,22,25)(H,23,27)(H,24,29). The van der Waals surface area contributed by atoms with Crippen molar-refractivity contribution in [3.63, 3.8) is 0 Å². The molecule has 0 spiro atoms. The number of hydrogen-bond acceptors (Lipinski definition) is 6. The highest BCUT2D eigenvalue weighted by molar-refractivity contribution is 6.38. The van der Waals surface area contributed by atoms with Crippen LogP contribution in [0.4, 0.5) is 4.79 Å². The number of ether oxygens (including phenoxy) is 1. The molecule has 1 aromatic carbocycles. The zero-order valence-corrected chi connectivity index (χ0v) is 16.2. The first-order valence-electron chi connectivity index (χ1n) is 9.63. The van der Waals surface area contributed by atoms with Gasteiger partial charge < -0.3 is 20.7 Å². The normalized spacial score (nSPS) is 17.8. The summed E-state index contributed by atoms with van der Waals surface area (Å²) >= 11 is 0. The highest BCUT2D eigenvalue weighted by Gasteiger charge is 2.32. The molecule has 0 radical (unpaired) electrons. The number of Topliss-reactive ketones (excluding diaryl/α,β-unsaturated/α-hetero) is 1. The molecular formula is C20H23N5O5. The van der Waals surface area contributed by atoms with Gasteiger partial charge in [0.05, 0.1) is 11.7 Å². The van der Waals surface area contributed by atoms with E-state index in [2.05, 4.69) is 26.1 Å². The molecule has 0 saturated carbocycles. The van der Waals surface area contributed by atoms with Crippen LogP contribution in [0.2, 0.25) is 0 Å². The molecule has 4 N–H and O–H groups in total. The Morgan fingerprint density at radius 2 is 1.97 bits per heavy atom. The summed E-state index contributed by atoms with van der Waals surface area (Å²) in [5, 5.41) is 14.0. The molecular weight excluding hydrogens is 390 g/mol. The average molecular weight is 413 g/mol. The number of hydrogen-bond donors (Lipinski definition) is 4. The van der Waals surface area contributed by atoms with E-state index in [9.17, 15) is 19.2 Å². The minimum Gasteiger partial charge on any atom is -0.445 e. The number of ketones is 1. The number of alkyl carbamates (subject to hydrolysis) is 1. The summed E-state index contributed by atoms with van der Waals surface area (Å²) in [5.74, 6) is -2.09. The molecule has 2 atom stereocenters. The van der Waals surface area contributed by atoms with Crippen LogP contribution in [-0.2, 0) is 25.7 Å². The van der Waals surface area contributed by atoms with Crippen molar-refractivity contribution in [2.24, 2.45) is 0 Å². The van der Waals surface area contributed by atoms with Crippen molar-refractivity contribution in [2.45, 2.75) is 38.0 Å². The van der Waals surface area contributed by atoms with Crippen LogP contribution in [0.1, 0.15) is 36.6 Å². The lowest BCUT2D eigenvalue weighted by Crippen LogP contribution is -2.51. The van der Waals surface area contributed by atoms with Crippen LogP contribution in [0.3, 0.4) is 0 Å². The van der Waals surface area contributed by atoms with Gasteiger partial charge in [-0.1, -0.05) is 30.3 Å². The Morgan fingerprint density at radius 1 is 1.17 bits per heavy atom. The van der Waals surface area contributed by atoms with Crippen LogP contribution in [0.25, 0.3) is 0 Å². The summed E-state index contributed by atoms with van der Waals surface area (Å²) in [6.45, 7) is 0.460. The van der Waals surface area contributed by atoms with Crippen molar-refractivity contribution in [1.29, 1.82) is 0 Å². The van der Waals surface area contributed by atoms with Gasteiger partial charge in [-0.15, -0.1) is 0 Å². The van der Waals surface area contributed by atoms with Crippen LogP contribution < -0.4 is 16.0 Å². The molecule has 3 rings (SSSR count). The second-order valence-corrected chi connectivity index (χ2v) is 6.83. The molecule has 1 aliphatic heterocycles. The predicted molar refractivity (Wildman–Crippen MR) is 105 cm³/mol. The summed E-state index contributed by atoms with van der Waals surface area (Å²) in [6.07, 6.45) is 2.33. The van der Waals surface area contributed by atoms with Crippen LogP contribution in [0.15, 0.2) is 42.6 Å². The molecule has 0 aliphatic carbocycles. The molecule has 1 aliphatic rings. The number of aromatic nitrogens is 2. The van der Waals surface area contributed by atoms with Crippen molar-refractivity contribution in [1.82, 2.24) is 26.1 Å². The van der Waals surface area contributed by atoms with E-state index >= 15 is 0 Å². The SMILES string of the molecule is O=C(NC(C(=O)NC1CCCCNC(=O)C1=O)c1ccn[nH]1)OCc1ccccc1. The van der Waals surface area contributed by atoms with E-state index < -0.39 is 35.8 Å². The number of benzene rings is 1. The second kappa shape index (κ2) is 10.2. The molecule has 10 heteroatoms. The summed E-state index contributed by atoms with van der Waals surface area (Å²) in [7, 11) is 0. The summed E-state index contributed by atoms with van der Waals surface area (Å²) in [5.41, 5.74) is 1.10. The van der Waals surface area contributed by atoms with Crippen LogP contribution in [0, 0.1) is 0 Å². The number of carbonyl (C=O) groups is 4. The molecule has 158 valence electrons. The lowest BCUT2D eigenvalue weighted by Gasteiger charge is -2.23. The Balaban J connectivity index is 1.65. The first-order valence-corrected chi connectivity index (χ1v) is 9.63. The maximum Gasteiger partial charge on any atom is 0.408 e. The van der Waals surface area contributed by atoms with Gasteiger partial charge in [0, 0.05) is 12.7 Å². The predicted octanol–water partition coefficient (Wildman–Crippen LogP) is 0.731. The fraction of sp³-hybridized carbons (Fsp3) is 0.350. The molecule has 1 saturated heterocycles. The van der Waals surface area contributed by atoms with E-state index in [1.165, 1.54) is 12.3 Å². The number of carbonyl (C=O) groups excluding carboxylic acids is 4. The molecule has 3 amide bonds. The first-order chi connectivity index (χ1) is 14.5. The van der Waals surface area contributed by atoms with Gasteiger partial charge in [-0.25, -0.2) is 4.79 Å². The second-order valence-electron chi connectivity index (χ2n) is 6.83. The monoisotopic (exact) mass is 413 g/mol. The van der Waals surface area contributed by atoms with Gasteiger partial charge >= 0.3 is 6.09 Å². The maximum absolute atomic E-state index is 12.9. The minimum absolute atomic E-state index is 0.0330. The number of H-pyrrole nitrogens is 1. The molecule has 2 heterocycles. The highest BCUT2D eigenvalue weighted by atomic mass is 16.5. The Morgan fingerprint density at radius 3 is 2.70 bits per heavy atom. The molecule has 10 nitrogen and oxygen atoms in total. The Labute approximate surface area is 172 Å². The third kappa shape index (κ3) is 5.66. The lowest BCUT2D eigenvalue weighted by molar-refractivity contribution is -0.140. The molecule has 1 aromatic heterocycles. The number of nitrogens with one attached hydrogen (secondary N) is 4. The zero-order chi connectivity index (χ0) is 21.3. The number of nitrogens with zero attached hydrogens (tertiary/aromatic N) is 1. The number of rotatable bonds is 6. The van der Waals surface area contributed by atoms with Crippen molar-refractivity contribution in [3.8, 4) is 0 Å². The van der Waals surface area contributed by atoms with Gasteiger partial charge in [-0.3, -0.25) is 19.5 Å². The topological polar surface area (TPSA) is 142 Å². The van der Waals surface area contributed by atoms with E-state index in [-0.39, 0.29) is 6.61 Å². The van der Waals surface area contributed by atoms with Crippen LogP contribution in [-0.4, -0.2) is 46.5 Å². The summed E-state index contributed by atoms with van der Waals surface area (Å²) in [4.78, 5) is 49.2. The third-order valence-corrected chi connectivity index (χ3v) is 4.63. The van der Waals surface area contributed by atoms with Gasteiger partial charge in [0.1, 0.15) is 6.61 Å². The van der Waals surface area contributed by atoms with E-state index in [0.29, 0.717) is 31.5 Å². The molecule has 1 fully saturated rings. The van der Waals surface area contributed by atoms with Gasteiger partial charge in [0.15, 0.2) is 6.04 Å². The quantitative estimate of drug-likeness (QED) is 0.514. The van der Waals surface area contributed by atoms with Crippen molar-refractivity contribution in [3.05, 3.63) is 53.9 Å². The zero-order valence-electron chi connectivity index (χ0n) is 16.2. The lowest BCUT2D eigenvalue weighted by atomic mass is 10.0. The summed E-state index contributed by atoms with van der Waals surface area (Å²) < 4.78 is 5.18. The smallest absolute Gasteiger partial charge is 0.408 e. The van der Waals surface area contributed by atoms with Crippen molar-refractivity contribution in [2.75, 3.05) is 6.54 Å². The third-order valence-electron chi connectivity index (χ3n) is 4.63. The molecule has 30 heavy (non-hydrogen) atoms. The molecule has 2 aromatic rings. The number of aromatic amines is 1. The fourth-order valence-corrected chi connectivity index (χ4v) is 3.04. The summed E-state index contributed by atoms with van der Waals surface area (Å²) in [6, 6.07) is 8.48. The van der Waals surface area contributed by atoms with Gasteiger partial charge in [-0.2, -0.15) is 5.10 Å². The van der Waals surface area contributed by atoms with Crippen LogP contribution in [0.5, 0.6) is 0 Å². The Bertz CT molecular complexity index is 884. The van der Waals surface area contributed by atoms with Gasteiger partial charge in [0.2, 0.25) is 11.7 Å².